The first-order chi connectivity index (χ1) is 10.9. The molecule has 23 heavy (non-hydrogen) atoms. The molecule has 1 aromatic carbocycles. The van der Waals surface area contributed by atoms with Crippen LogP contribution in [0.5, 0.6) is 5.75 Å². The van der Waals surface area contributed by atoms with Gasteiger partial charge in [0, 0.05) is 44.8 Å². The van der Waals surface area contributed by atoms with E-state index in [4.69, 9.17) is 0 Å². The Kier molecular flexibility index (Phi) is 5.95. The van der Waals surface area contributed by atoms with Crippen LogP contribution in [0.3, 0.4) is 0 Å². The van der Waals surface area contributed by atoms with E-state index in [0.29, 0.717) is 12.2 Å². The van der Waals surface area contributed by atoms with Crippen LogP contribution in [0.25, 0.3) is 0 Å². The standard InChI is InChI=1S/C16H23N3O4/c1-18-6-8-19(9-7-18)11-12(16(22)23)10-15(21)17-13-2-4-14(20)5-3-13/h2-5,12,20H,6-11H2,1H3,(H,17,21)(H,22,23)/t12-/m1/s1. The molecule has 0 aliphatic carbocycles. The van der Waals surface area contributed by atoms with Crippen LogP contribution >= 0.6 is 0 Å². The monoisotopic (exact) mass is 321 g/mol. The Balaban J connectivity index is 1.87. The predicted molar refractivity (Wildman–Crippen MR) is 86.4 cm³/mol. The maximum atomic E-state index is 12.0. The van der Waals surface area contributed by atoms with Crippen LogP contribution in [-0.4, -0.2) is 71.7 Å². The number of nitrogens with one attached hydrogen (secondary N) is 1. The zero-order valence-corrected chi connectivity index (χ0v) is 13.2. The van der Waals surface area contributed by atoms with Gasteiger partial charge in [-0.3, -0.25) is 14.5 Å². The number of rotatable bonds is 6. The molecule has 1 saturated heterocycles. The molecule has 7 nitrogen and oxygen atoms in total. The fraction of sp³-hybridized carbons (Fsp3) is 0.500. The van der Waals surface area contributed by atoms with E-state index in [1.54, 1.807) is 12.1 Å². The van der Waals surface area contributed by atoms with Gasteiger partial charge in [0.1, 0.15) is 5.75 Å². The quantitative estimate of drug-likeness (QED) is 0.667. The van der Waals surface area contributed by atoms with Crippen LogP contribution in [0.1, 0.15) is 6.42 Å². The Labute approximate surface area is 135 Å². The second-order valence-corrected chi connectivity index (χ2v) is 5.94. The van der Waals surface area contributed by atoms with E-state index >= 15 is 0 Å². The summed E-state index contributed by atoms with van der Waals surface area (Å²) < 4.78 is 0. The molecule has 0 spiro atoms. The van der Waals surface area contributed by atoms with Crippen molar-refractivity contribution in [1.29, 1.82) is 0 Å². The maximum absolute atomic E-state index is 12.0. The molecule has 0 bridgehead atoms. The number of phenolic OH excluding ortho intramolecular Hbond substituents is 1. The third-order valence-electron chi connectivity index (χ3n) is 4.01. The number of carboxylic acids is 1. The van der Waals surface area contributed by atoms with Crippen molar-refractivity contribution in [2.45, 2.75) is 6.42 Å². The number of phenols is 1. The van der Waals surface area contributed by atoms with Gasteiger partial charge in [-0.25, -0.2) is 0 Å². The smallest absolute Gasteiger partial charge is 0.308 e. The fourth-order valence-electron chi connectivity index (χ4n) is 2.55. The molecule has 1 aromatic rings. The number of aromatic hydroxyl groups is 1. The molecule has 0 unspecified atom stereocenters. The van der Waals surface area contributed by atoms with Gasteiger partial charge >= 0.3 is 5.97 Å². The number of carbonyl (C=O) groups excluding carboxylic acids is 1. The van der Waals surface area contributed by atoms with Gasteiger partial charge in [0.2, 0.25) is 5.91 Å². The summed E-state index contributed by atoms with van der Waals surface area (Å²) in [5.74, 6) is -1.90. The maximum Gasteiger partial charge on any atom is 0.308 e. The van der Waals surface area contributed by atoms with Crippen LogP contribution in [-0.2, 0) is 9.59 Å². The fourth-order valence-corrected chi connectivity index (χ4v) is 2.55. The Bertz CT molecular complexity index is 539. The molecule has 1 heterocycles. The second-order valence-electron chi connectivity index (χ2n) is 5.94. The van der Waals surface area contributed by atoms with E-state index in [1.165, 1.54) is 12.1 Å². The molecule has 1 fully saturated rings. The number of amides is 1. The van der Waals surface area contributed by atoms with Crippen molar-refractivity contribution in [2.24, 2.45) is 5.92 Å². The lowest BCUT2D eigenvalue weighted by atomic mass is 10.0. The van der Waals surface area contributed by atoms with Gasteiger partial charge in [-0.1, -0.05) is 0 Å². The molecule has 2 rings (SSSR count). The summed E-state index contributed by atoms with van der Waals surface area (Å²) in [5.41, 5.74) is 0.538. The van der Waals surface area contributed by atoms with E-state index in [-0.39, 0.29) is 18.1 Å². The van der Waals surface area contributed by atoms with Gasteiger partial charge in [-0.05, 0) is 31.3 Å². The van der Waals surface area contributed by atoms with Crippen LogP contribution in [0.4, 0.5) is 5.69 Å². The van der Waals surface area contributed by atoms with Gasteiger partial charge in [0.15, 0.2) is 0 Å². The molecule has 0 saturated carbocycles. The van der Waals surface area contributed by atoms with Crippen molar-refractivity contribution in [2.75, 3.05) is 45.1 Å². The molecular formula is C16H23N3O4. The highest BCUT2D eigenvalue weighted by molar-refractivity contribution is 5.93. The van der Waals surface area contributed by atoms with Crippen molar-refractivity contribution in [3.63, 3.8) is 0 Å². The van der Waals surface area contributed by atoms with Gasteiger partial charge < -0.3 is 20.4 Å². The Morgan fingerprint density at radius 2 is 1.78 bits per heavy atom. The highest BCUT2D eigenvalue weighted by atomic mass is 16.4. The van der Waals surface area contributed by atoms with Gasteiger partial charge in [-0.15, -0.1) is 0 Å². The minimum Gasteiger partial charge on any atom is -0.508 e. The number of aliphatic carboxylic acids is 1. The Morgan fingerprint density at radius 3 is 2.35 bits per heavy atom. The topological polar surface area (TPSA) is 93.1 Å². The highest BCUT2D eigenvalue weighted by Gasteiger charge is 2.25. The molecular weight excluding hydrogens is 298 g/mol. The first-order valence-corrected chi connectivity index (χ1v) is 7.66. The minimum atomic E-state index is -0.954. The highest BCUT2D eigenvalue weighted by Crippen LogP contribution is 2.15. The predicted octanol–water partition coefficient (Wildman–Crippen LogP) is 0.669. The molecule has 1 aliphatic heterocycles. The molecule has 0 radical (unpaired) electrons. The summed E-state index contributed by atoms with van der Waals surface area (Å²) in [7, 11) is 2.04. The van der Waals surface area contributed by atoms with E-state index in [0.717, 1.165) is 26.2 Å². The zero-order chi connectivity index (χ0) is 16.8. The summed E-state index contributed by atoms with van der Waals surface area (Å²) in [6.45, 7) is 3.84. The number of carbonyl (C=O) groups is 2. The second kappa shape index (κ2) is 7.94. The number of hydrogen-bond acceptors (Lipinski definition) is 5. The van der Waals surface area contributed by atoms with E-state index in [1.807, 2.05) is 7.05 Å². The number of nitrogens with zero attached hydrogens (tertiary/aromatic N) is 2. The Morgan fingerprint density at radius 1 is 1.17 bits per heavy atom. The van der Waals surface area contributed by atoms with E-state index in [9.17, 15) is 19.8 Å². The SMILES string of the molecule is CN1CCN(C[C@@H](CC(=O)Nc2ccc(O)cc2)C(=O)O)CC1. The number of benzene rings is 1. The summed E-state index contributed by atoms with van der Waals surface area (Å²) in [6.07, 6.45) is -0.0669. The van der Waals surface area contributed by atoms with Gasteiger partial charge in [-0.2, -0.15) is 0 Å². The lowest BCUT2D eigenvalue weighted by Crippen LogP contribution is -2.47. The molecule has 0 aromatic heterocycles. The lowest BCUT2D eigenvalue weighted by molar-refractivity contribution is -0.144. The number of hydrogen-bond donors (Lipinski definition) is 3. The van der Waals surface area contributed by atoms with E-state index in [2.05, 4.69) is 15.1 Å². The van der Waals surface area contributed by atoms with Crippen molar-refractivity contribution in [3.8, 4) is 5.75 Å². The van der Waals surface area contributed by atoms with Crippen molar-refractivity contribution in [1.82, 2.24) is 9.80 Å². The van der Waals surface area contributed by atoms with Crippen LogP contribution in [0.2, 0.25) is 0 Å². The van der Waals surface area contributed by atoms with Gasteiger partial charge in [0.25, 0.3) is 0 Å². The molecule has 1 atom stereocenters. The number of carboxylic acid groups (broad SMARTS) is 1. The Hall–Kier alpha value is -2.12. The number of likely N-dealkylation sites (N-methyl/N-ethyl adjacent to an activating group) is 1. The third-order valence-corrected chi connectivity index (χ3v) is 4.01. The minimum absolute atomic E-state index is 0.0669. The average molecular weight is 321 g/mol. The zero-order valence-electron chi connectivity index (χ0n) is 13.2. The van der Waals surface area contributed by atoms with E-state index < -0.39 is 11.9 Å². The number of piperazine rings is 1. The summed E-state index contributed by atoms with van der Waals surface area (Å²) in [4.78, 5) is 27.8. The number of anilines is 1. The molecule has 126 valence electrons. The molecule has 1 amide bonds. The van der Waals surface area contributed by atoms with Gasteiger partial charge in [0.05, 0.1) is 5.92 Å². The molecule has 1 aliphatic rings. The first kappa shape index (κ1) is 17.2. The third kappa shape index (κ3) is 5.54. The van der Waals surface area contributed by atoms with Crippen molar-refractivity contribution >= 4 is 17.6 Å². The summed E-state index contributed by atoms with van der Waals surface area (Å²) in [6, 6.07) is 6.08. The largest absolute Gasteiger partial charge is 0.508 e. The normalized spacial score (nSPS) is 17.6. The van der Waals surface area contributed by atoms with Crippen LogP contribution in [0.15, 0.2) is 24.3 Å². The van der Waals surface area contributed by atoms with Crippen LogP contribution in [0, 0.1) is 5.92 Å². The summed E-state index contributed by atoms with van der Waals surface area (Å²) in [5, 5.41) is 21.2. The first-order valence-electron chi connectivity index (χ1n) is 7.66. The van der Waals surface area contributed by atoms with Crippen LogP contribution < -0.4 is 5.32 Å². The lowest BCUT2D eigenvalue weighted by Gasteiger charge is -2.33. The summed E-state index contributed by atoms with van der Waals surface area (Å²) >= 11 is 0. The average Bonchev–Trinajstić information content (AvgIpc) is 2.51. The van der Waals surface area contributed by atoms with Crippen molar-refractivity contribution < 1.29 is 19.8 Å². The van der Waals surface area contributed by atoms with Crippen molar-refractivity contribution in [3.05, 3.63) is 24.3 Å². The molecule has 3 N–H and O–H groups in total. The molecule has 7 heteroatoms.